The minimum absolute atomic E-state index is 0.132. The molecule has 2 N–H and O–H groups in total. The van der Waals surface area contributed by atoms with Crippen LogP contribution in [0.25, 0.3) is 10.4 Å². The maximum absolute atomic E-state index is 13.4. The SMILES string of the molecule is CCc1noc(C)c1C(=O)N1CCC[C@](Cc2ccccc2-c2cccs2)(C(N)=O)C1. The Balaban J connectivity index is 1.65. The number of piperidine rings is 1. The zero-order valence-corrected chi connectivity index (χ0v) is 18.7. The van der Waals surface area contributed by atoms with Crippen molar-refractivity contribution < 1.29 is 14.1 Å². The number of hydrogen-bond acceptors (Lipinski definition) is 5. The van der Waals surface area contributed by atoms with E-state index in [0.29, 0.717) is 49.4 Å². The molecule has 3 heterocycles. The Kier molecular flexibility index (Phi) is 5.96. The highest BCUT2D eigenvalue weighted by Crippen LogP contribution is 2.38. The second kappa shape index (κ2) is 8.67. The lowest BCUT2D eigenvalue weighted by Gasteiger charge is -2.41. The number of likely N-dealkylation sites (tertiary alicyclic amines) is 1. The van der Waals surface area contributed by atoms with Crippen LogP contribution in [0.4, 0.5) is 0 Å². The van der Waals surface area contributed by atoms with Crippen LogP contribution in [0.2, 0.25) is 0 Å². The Morgan fingerprint density at radius 2 is 2.06 bits per heavy atom. The molecule has 1 aliphatic rings. The smallest absolute Gasteiger partial charge is 0.259 e. The van der Waals surface area contributed by atoms with Crippen LogP contribution in [0.3, 0.4) is 0 Å². The lowest BCUT2D eigenvalue weighted by Crippen LogP contribution is -2.53. The summed E-state index contributed by atoms with van der Waals surface area (Å²) in [4.78, 5) is 29.0. The van der Waals surface area contributed by atoms with E-state index in [9.17, 15) is 9.59 Å². The quantitative estimate of drug-likeness (QED) is 0.625. The van der Waals surface area contributed by atoms with Gasteiger partial charge in [0.2, 0.25) is 5.91 Å². The molecule has 162 valence electrons. The highest BCUT2D eigenvalue weighted by molar-refractivity contribution is 7.13. The maximum Gasteiger partial charge on any atom is 0.259 e. The summed E-state index contributed by atoms with van der Waals surface area (Å²) in [6, 6.07) is 12.2. The molecule has 31 heavy (non-hydrogen) atoms. The van der Waals surface area contributed by atoms with Crippen LogP contribution >= 0.6 is 11.3 Å². The fourth-order valence-electron chi connectivity index (χ4n) is 4.54. The number of nitrogens with two attached hydrogens (primary N) is 1. The van der Waals surface area contributed by atoms with Crippen molar-refractivity contribution in [2.45, 2.75) is 39.5 Å². The highest BCUT2D eigenvalue weighted by Gasteiger charge is 2.43. The fraction of sp³-hybridized carbons (Fsp3) is 0.375. The Bertz CT molecular complexity index is 1090. The first-order chi connectivity index (χ1) is 14.9. The summed E-state index contributed by atoms with van der Waals surface area (Å²) in [5.41, 5.74) is 8.54. The minimum Gasteiger partial charge on any atom is -0.369 e. The van der Waals surface area contributed by atoms with Gasteiger partial charge in [0.15, 0.2) is 0 Å². The van der Waals surface area contributed by atoms with Gasteiger partial charge in [-0.25, -0.2) is 0 Å². The van der Waals surface area contributed by atoms with Gasteiger partial charge >= 0.3 is 0 Å². The van der Waals surface area contributed by atoms with E-state index in [0.717, 1.165) is 22.4 Å². The number of benzene rings is 1. The van der Waals surface area contributed by atoms with Gasteiger partial charge in [0.1, 0.15) is 11.3 Å². The number of primary amides is 1. The first kappa shape index (κ1) is 21.3. The van der Waals surface area contributed by atoms with E-state index in [2.05, 4.69) is 23.4 Å². The van der Waals surface area contributed by atoms with Crippen LogP contribution < -0.4 is 5.73 Å². The number of amides is 2. The molecule has 2 aromatic heterocycles. The number of rotatable bonds is 6. The summed E-state index contributed by atoms with van der Waals surface area (Å²) < 4.78 is 5.26. The molecule has 2 amide bonds. The molecule has 1 atom stereocenters. The summed E-state index contributed by atoms with van der Waals surface area (Å²) >= 11 is 1.67. The largest absolute Gasteiger partial charge is 0.369 e. The minimum atomic E-state index is -0.807. The second-order valence-corrected chi connectivity index (χ2v) is 9.15. The van der Waals surface area contributed by atoms with Gasteiger partial charge in [-0.15, -0.1) is 11.3 Å². The van der Waals surface area contributed by atoms with Crippen LogP contribution in [-0.4, -0.2) is 35.0 Å². The molecule has 0 aliphatic carbocycles. The summed E-state index contributed by atoms with van der Waals surface area (Å²) in [6.07, 6.45) is 2.50. The van der Waals surface area contributed by atoms with Crippen molar-refractivity contribution >= 4 is 23.2 Å². The Morgan fingerprint density at radius 3 is 2.77 bits per heavy atom. The van der Waals surface area contributed by atoms with Gasteiger partial charge in [-0.1, -0.05) is 42.4 Å². The summed E-state index contributed by atoms with van der Waals surface area (Å²) in [6.45, 7) is 4.59. The molecule has 0 bridgehead atoms. The highest BCUT2D eigenvalue weighted by atomic mass is 32.1. The summed E-state index contributed by atoms with van der Waals surface area (Å²) in [5.74, 6) is 0.0244. The van der Waals surface area contributed by atoms with E-state index < -0.39 is 5.41 Å². The molecule has 1 saturated heterocycles. The number of hydrogen-bond donors (Lipinski definition) is 1. The van der Waals surface area contributed by atoms with Crippen LogP contribution in [-0.2, 0) is 17.6 Å². The molecule has 3 aromatic rings. The van der Waals surface area contributed by atoms with Gasteiger partial charge in [0.25, 0.3) is 5.91 Å². The van der Waals surface area contributed by atoms with Crippen molar-refractivity contribution in [1.82, 2.24) is 10.1 Å². The zero-order valence-electron chi connectivity index (χ0n) is 17.9. The average Bonchev–Trinajstić information content (AvgIpc) is 3.43. The Morgan fingerprint density at radius 1 is 1.26 bits per heavy atom. The number of carbonyl (C=O) groups is 2. The van der Waals surface area contributed by atoms with Gasteiger partial charge in [-0.05, 0) is 55.2 Å². The molecule has 6 nitrogen and oxygen atoms in total. The van der Waals surface area contributed by atoms with Crippen molar-refractivity contribution in [3.63, 3.8) is 0 Å². The number of aromatic nitrogens is 1. The van der Waals surface area contributed by atoms with Gasteiger partial charge in [-0.2, -0.15) is 0 Å². The number of carbonyl (C=O) groups excluding carboxylic acids is 2. The van der Waals surface area contributed by atoms with E-state index >= 15 is 0 Å². The topological polar surface area (TPSA) is 89.4 Å². The summed E-state index contributed by atoms with van der Waals surface area (Å²) in [5, 5.41) is 6.06. The van der Waals surface area contributed by atoms with Crippen molar-refractivity contribution in [3.05, 3.63) is 64.4 Å². The van der Waals surface area contributed by atoms with E-state index in [4.69, 9.17) is 10.3 Å². The molecular formula is C24H27N3O3S. The van der Waals surface area contributed by atoms with Gasteiger partial charge < -0.3 is 15.2 Å². The van der Waals surface area contributed by atoms with Crippen LogP contribution in [0.5, 0.6) is 0 Å². The van der Waals surface area contributed by atoms with Gasteiger partial charge in [0.05, 0.1) is 11.1 Å². The van der Waals surface area contributed by atoms with Crippen LogP contribution in [0, 0.1) is 12.3 Å². The number of nitrogens with zero attached hydrogens (tertiary/aromatic N) is 2. The van der Waals surface area contributed by atoms with Crippen molar-refractivity contribution in [3.8, 4) is 10.4 Å². The van der Waals surface area contributed by atoms with Crippen LogP contribution in [0.15, 0.2) is 46.3 Å². The van der Waals surface area contributed by atoms with E-state index in [1.165, 1.54) is 0 Å². The predicted molar refractivity (Wildman–Crippen MR) is 121 cm³/mol. The molecule has 0 saturated carbocycles. The van der Waals surface area contributed by atoms with Gasteiger partial charge in [0, 0.05) is 18.0 Å². The maximum atomic E-state index is 13.4. The summed E-state index contributed by atoms with van der Waals surface area (Å²) in [7, 11) is 0. The number of aryl methyl sites for hydroxylation is 2. The number of thiophene rings is 1. The molecule has 1 fully saturated rings. The van der Waals surface area contributed by atoms with E-state index in [1.54, 1.807) is 23.2 Å². The molecular weight excluding hydrogens is 410 g/mol. The second-order valence-electron chi connectivity index (χ2n) is 8.20. The molecule has 1 aliphatic heterocycles. The third-order valence-corrected chi connectivity index (χ3v) is 7.10. The first-order valence-electron chi connectivity index (χ1n) is 10.6. The van der Waals surface area contributed by atoms with Gasteiger partial charge in [-0.3, -0.25) is 9.59 Å². The molecule has 0 unspecified atom stereocenters. The van der Waals surface area contributed by atoms with Crippen molar-refractivity contribution in [2.24, 2.45) is 11.1 Å². The average molecular weight is 438 g/mol. The van der Waals surface area contributed by atoms with Crippen molar-refractivity contribution in [1.29, 1.82) is 0 Å². The van der Waals surface area contributed by atoms with Crippen LogP contribution in [0.1, 0.15) is 47.1 Å². The predicted octanol–water partition coefficient (Wildman–Crippen LogP) is 4.22. The molecule has 7 heteroatoms. The normalized spacial score (nSPS) is 18.8. The molecule has 1 aromatic carbocycles. The monoisotopic (exact) mass is 437 g/mol. The lowest BCUT2D eigenvalue weighted by atomic mass is 9.73. The Labute approximate surface area is 186 Å². The third kappa shape index (κ3) is 4.02. The molecule has 0 radical (unpaired) electrons. The van der Waals surface area contributed by atoms with Crippen molar-refractivity contribution in [2.75, 3.05) is 13.1 Å². The molecule has 0 spiro atoms. The lowest BCUT2D eigenvalue weighted by molar-refractivity contribution is -0.130. The Hall–Kier alpha value is -2.93. The zero-order chi connectivity index (χ0) is 22.0. The van der Waals surface area contributed by atoms with E-state index in [1.807, 2.05) is 30.5 Å². The third-order valence-electron chi connectivity index (χ3n) is 6.20. The van der Waals surface area contributed by atoms with E-state index in [-0.39, 0.29) is 11.8 Å². The standard InChI is InChI=1S/C24H27N3O3S/c1-3-19-21(16(2)30-26-19)22(28)27-12-7-11-24(15-27,23(25)29)14-17-8-4-5-9-18(17)20-10-6-13-31-20/h4-6,8-10,13H,3,7,11-12,14-15H2,1-2H3,(H2,25,29)/t24-/m1/s1. The fourth-order valence-corrected chi connectivity index (χ4v) is 5.33. The first-order valence-corrected chi connectivity index (χ1v) is 11.5. The molecule has 4 rings (SSSR count).